The van der Waals surface area contributed by atoms with E-state index in [-0.39, 0.29) is 12.2 Å². The van der Waals surface area contributed by atoms with Gasteiger partial charge in [-0.15, -0.1) is 0 Å². The van der Waals surface area contributed by atoms with Crippen molar-refractivity contribution in [2.75, 3.05) is 32.2 Å². The Morgan fingerprint density at radius 3 is 2.17 bits per heavy atom. The third-order valence-corrected chi connectivity index (χ3v) is 10.3. The summed E-state index contributed by atoms with van der Waals surface area (Å²) in [5.41, 5.74) is 7.73. The van der Waals surface area contributed by atoms with Crippen LogP contribution in [0.5, 0.6) is 5.75 Å². The minimum atomic E-state index is -1.69. The molecule has 1 aromatic carbocycles. The molecule has 9 nitrogen and oxygen atoms in total. The van der Waals surface area contributed by atoms with Crippen molar-refractivity contribution in [2.45, 2.75) is 135 Å². The normalized spacial score (nSPS) is 17.0. The molecule has 1 fully saturated rings. The van der Waals surface area contributed by atoms with Gasteiger partial charge in [-0.2, -0.15) is 5.10 Å². The zero-order valence-corrected chi connectivity index (χ0v) is 30.7. The van der Waals surface area contributed by atoms with Gasteiger partial charge in [0.05, 0.1) is 36.6 Å². The highest BCUT2D eigenvalue weighted by atomic mass is 35.5. The molecule has 2 aromatic heterocycles. The molecule has 3 heterocycles. The van der Waals surface area contributed by atoms with Gasteiger partial charge in [-0.05, 0) is 43.5 Å². The predicted molar refractivity (Wildman–Crippen MR) is 196 cm³/mol. The monoisotopic (exact) mass is 704 g/mol. The van der Waals surface area contributed by atoms with Crippen LogP contribution in [-0.4, -0.2) is 47.1 Å². The molecule has 0 spiro atoms. The van der Waals surface area contributed by atoms with Crippen LogP contribution in [0.4, 0.5) is 5.82 Å². The number of ether oxygens (including phenoxy) is 2. The zero-order chi connectivity index (χ0) is 33.7. The van der Waals surface area contributed by atoms with E-state index < -0.39 is 8.60 Å². The summed E-state index contributed by atoms with van der Waals surface area (Å²) in [5, 5.41) is 4.86. The smallest absolute Gasteiger partial charge is 0.397 e. The number of aromatic nitrogens is 3. The van der Waals surface area contributed by atoms with Gasteiger partial charge in [0.1, 0.15) is 23.7 Å². The highest BCUT2D eigenvalue weighted by Gasteiger charge is 2.30. The van der Waals surface area contributed by atoms with Crippen LogP contribution in [0.15, 0.2) is 42.7 Å². The van der Waals surface area contributed by atoms with Crippen molar-refractivity contribution in [3.63, 3.8) is 0 Å². The molecule has 1 aliphatic rings. The maximum Gasteiger partial charge on any atom is 0.397 e. The summed E-state index contributed by atoms with van der Waals surface area (Å²) < 4.78 is 32.2. The largest absolute Gasteiger partial charge is 0.425 e. The molecule has 268 valence electrons. The van der Waals surface area contributed by atoms with Crippen LogP contribution in [0.3, 0.4) is 0 Å². The summed E-state index contributed by atoms with van der Waals surface area (Å²) in [4.78, 5) is 4.07. The van der Waals surface area contributed by atoms with E-state index >= 15 is 0 Å². The standard InChI is InChI=1S/C37H58ClN4O5P/c1-2-3-4-5-6-7-8-9-10-11-12-13-14-15-16-19-26-43-27-28-44-48(47-35-21-18-17-20-32(35)38)45-29-31-22-25-36(46-31)33-23-24-34-37(39)40-30-41-42(33)34/h17-18,20-21,23-24,30-31,36H,2-16,19,22,25-29H2,1H3,(H2,39,40,41). The molecule has 3 unspecified atom stereocenters. The maximum absolute atomic E-state index is 6.35. The first-order chi connectivity index (χ1) is 23.7. The van der Waals surface area contributed by atoms with Crippen LogP contribution in [0.1, 0.15) is 134 Å². The van der Waals surface area contributed by atoms with E-state index in [1.807, 2.05) is 30.3 Å². The zero-order valence-electron chi connectivity index (χ0n) is 29.0. The van der Waals surface area contributed by atoms with E-state index in [1.165, 1.54) is 103 Å². The Balaban J connectivity index is 1.04. The number of unbranched alkanes of at least 4 members (excludes halogenated alkanes) is 15. The summed E-state index contributed by atoms with van der Waals surface area (Å²) in [7, 11) is -1.69. The highest BCUT2D eigenvalue weighted by Crippen LogP contribution is 2.44. The lowest BCUT2D eigenvalue weighted by Gasteiger charge is -2.20. The number of anilines is 1. The van der Waals surface area contributed by atoms with Gasteiger partial charge in [-0.25, -0.2) is 9.50 Å². The molecule has 3 atom stereocenters. The van der Waals surface area contributed by atoms with Gasteiger partial charge in [0.15, 0.2) is 5.82 Å². The topological polar surface area (TPSA) is 102 Å². The Hall–Kier alpha value is -2.00. The quantitative estimate of drug-likeness (QED) is 0.0618. The SMILES string of the molecule is CCCCCCCCCCCCCCCCCCOCCOP(OCC1CCC(c2ccc3c(N)ncnn23)O1)Oc1ccccc1Cl. The molecule has 0 aliphatic carbocycles. The second kappa shape index (κ2) is 23.4. The Labute approximate surface area is 294 Å². The van der Waals surface area contributed by atoms with E-state index in [4.69, 9.17) is 40.4 Å². The average Bonchev–Trinajstić information content (AvgIpc) is 3.75. The molecule has 48 heavy (non-hydrogen) atoms. The number of hydrogen-bond acceptors (Lipinski definition) is 8. The van der Waals surface area contributed by atoms with Crippen molar-refractivity contribution in [2.24, 2.45) is 0 Å². The Morgan fingerprint density at radius 2 is 1.48 bits per heavy atom. The fraction of sp³-hybridized carbons (Fsp3) is 0.676. The maximum atomic E-state index is 6.35. The number of para-hydroxylation sites is 1. The number of nitrogen functional groups attached to an aromatic ring is 1. The highest BCUT2D eigenvalue weighted by molar-refractivity contribution is 7.42. The van der Waals surface area contributed by atoms with Gasteiger partial charge in [-0.1, -0.05) is 127 Å². The molecule has 0 bridgehead atoms. The van der Waals surface area contributed by atoms with Crippen LogP contribution in [0, 0.1) is 0 Å². The number of halogens is 1. The molecule has 1 aliphatic heterocycles. The van der Waals surface area contributed by atoms with E-state index in [0.29, 0.717) is 36.4 Å². The number of rotatable bonds is 27. The first-order valence-electron chi connectivity index (χ1n) is 18.5. The Bertz CT molecular complexity index is 1280. The summed E-state index contributed by atoms with van der Waals surface area (Å²) in [6.45, 7) is 4.23. The van der Waals surface area contributed by atoms with Crippen molar-refractivity contribution < 1.29 is 23.0 Å². The van der Waals surface area contributed by atoms with Gasteiger partial charge >= 0.3 is 8.60 Å². The van der Waals surface area contributed by atoms with Crippen LogP contribution < -0.4 is 10.3 Å². The molecular formula is C37H58ClN4O5P. The summed E-state index contributed by atoms with van der Waals surface area (Å²) >= 11 is 6.35. The first-order valence-corrected chi connectivity index (χ1v) is 19.9. The average molecular weight is 705 g/mol. The van der Waals surface area contributed by atoms with Crippen LogP contribution in [0.2, 0.25) is 5.02 Å². The van der Waals surface area contributed by atoms with E-state index in [2.05, 4.69) is 17.0 Å². The molecule has 0 saturated carbocycles. The Kier molecular flexibility index (Phi) is 18.9. The molecular weight excluding hydrogens is 647 g/mol. The second-order valence-electron chi connectivity index (χ2n) is 12.8. The fourth-order valence-corrected chi connectivity index (χ4v) is 7.36. The number of hydrogen-bond donors (Lipinski definition) is 1. The minimum Gasteiger partial charge on any atom is -0.425 e. The number of fused-ring (bicyclic) bond motifs is 1. The lowest BCUT2D eigenvalue weighted by molar-refractivity contribution is 0.00935. The third kappa shape index (κ3) is 14.1. The summed E-state index contributed by atoms with van der Waals surface area (Å²) in [5.74, 6) is 0.976. The third-order valence-electron chi connectivity index (χ3n) is 8.89. The molecule has 0 radical (unpaired) electrons. The molecule has 4 rings (SSSR count). The number of benzene rings is 1. The van der Waals surface area contributed by atoms with Crippen molar-refractivity contribution in [3.05, 3.63) is 53.4 Å². The first kappa shape index (κ1) is 38.8. The van der Waals surface area contributed by atoms with Gasteiger partial charge in [0.2, 0.25) is 0 Å². The minimum absolute atomic E-state index is 0.102. The van der Waals surface area contributed by atoms with Crippen LogP contribution >= 0.6 is 20.2 Å². The van der Waals surface area contributed by atoms with Crippen molar-refractivity contribution in [1.29, 1.82) is 0 Å². The summed E-state index contributed by atoms with van der Waals surface area (Å²) in [6.07, 6.45) is 24.7. The number of nitrogens with two attached hydrogens (primary N) is 1. The lowest BCUT2D eigenvalue weighted by atomic mass is 10.0. The van der Waals surface area contributed by atoms with Gasteiger partial charge in [0, 0.05) is 6.61 Å². The second-order valence-corrected chi connectivity index (χ2v) is 14.4. The number of nitrogens with zero attached hydrogens (tertiary/aromatic N) is 3. The van der Waals surface area contributed by atoms with Crippen molar-refractivity contribution >= 4 is 31.5 Å². The van der Waals surface area contributed by atoms with Gasteiger partial charge in [0.25, 0.3) is 0 Å². The predicted octanol–water partition coefficient (Wildman–Crippen LogP) is 10.8. The fourth-order valence-electron chi connectivity index (χ4n) is 6.12. The van der Waals surface area contributed by atoms with Crippen LogP contribution in [-0.2, 0) is 18.5 Å². The van der Waals surface area contributed by atoms with Crippen molar-refractivity contribution in [1.82, 2.24) is 14.6 Å². The molecule has 1 saturated heterocycles. The van der Waals surface area contributed by atoms with Gasteiger partial charge < -0.3 is 24.3 Å². The van der Waals surface area contributed by atoms with E-state index in [1.54, 1.807) is 10.6 Å². The van der Waals surface area contributed by atoms with Gasteiger partial charge in [-0.3, -0.25) is 4.52 Å². The van der Waals surface area contributed by atoms with Crippen molar-refractivity contribution in [3.8, 4) is 5.75 Å². The molecule has 2 N–H and O–H groups in total. The summed E-state index contributed by atoms with van der Waals surface area (Å²) in [6, 6.07) is 11.2. The van der Waals surface area contributed by atoms with Crippen LogP contribution in [0.25, 0.3) is 5.52 Å². The molecule has 0 amide bonds. The molecule has 3 aromatic rings. The van der Waals surface area contributed by atoms with E-state index in [0.717, 1.165) is 37.1 Å². The molecule has 11 heteroatoms. The Morgan fingerprint density at radius 1 is 0.812 bits per heavy atom. The van der Waals surface area contributed by atoms with E-state index in [9.17, 15) is 0 Å². The lowest BCUT2D eigenvalue weighted by Crippen LogP contribution is -2.16.